The molecule has 0 fully saturated rings. The summed E-state index contributed by atoms with van der Waals surface area (Å²) in [5, 5.41) is 4.78. The standard InChI is InChI=1S/C12H17Cl2N/c1-3-9(4-2)8-15-12-7-10(13)5-6-11(12)14/h5-7,9,15H,3-4,8H2,1-2H3. The Labute approximate surface area is 102 Å². The summed E-state index contributed by atoms with van der Waals surface area (Å²) >= 11 is 11.9. The zero-order valence-electron chi connectivity index (χ0n) is 9.19. The van der Waals surface area contributed by atoms with Crippen LogP contribution in [-0.4, -0.2) is 6.54 Å². The fourth-order valence-corrected chi connectivity index (χ4v) is 1.82. The fraction of sp³-hybridized carbons (Fsp3) is 0.500. The van der Waals surface area contributed by atoms with E-state index >= 15 is 0 Å². The van der Waals surface area contributed by atoms with Crippen molar-refractivity contribution >= 4 is 28.9 Å². The molecule has 1 aromatic rings. The number of halogens is 2. The lowest BCUT2D eigenvalue weighted by molar-refractivity contribution is 0.519. The molecule has 84 valence electrons. The van der Waals surface area contributed by atoms with E-state index in [1.54, 1.807) is 6.07 Å². The predicted molar refractivity (Wildman–Crippen MR) is 69.0 cm³/mol. The van der Waals surface area contributed by atoms with Crippen LogP contribution < -0.4 is 5.32 Å². The molecule has 0 saturated carbocycles. The third-order valence-electron chi connectivity index (χ3n) is 2.66. The molecule has 0 atom stereocenters. The average molecular weight is 246 g/mol. The van der Waals surface area contributed by atoms with Crippen LogP contribution in [0.2, 0.25) is 10.0 Å². The predicted octanol–water partition coefficient (Wildman–Crippen LogP) is 4.84. The minimum atomic E-state index is 0.694. The maximum Gasteiger partial charge on any atom is 0.0638 e. The maximum absolute atomic E-state index is 6.04. The molecule has 0 aliphatic rings. The molecule has 1 N–H and O–H groups in total. The van der Waals surface area contributed by atoms with Crippen molar-refractivity contribution in [2.45, 2.75) is 26.7 Å². The summed E-state index contributed by atoms with van der Waals surface area (Å²) in [5.74, 6) is 0.694. The minimum absolute atomic E-state index is 0.694. The largest absolute Gasteiger partial charge is 0.384 e. The highest BCUT2D eigenvalue weighted by molar-refractivity contribution is 6.35. The second-order valence-electron chi connectivity index (χ2n) is 3.69. The van der Waals surface area contributed by atoms with Gasteiger partial charge in [-0.1, -0.05) is 49.9 Å². The van der Waals surface area contributed by atoms with E-state index in [9.17, 15) is 0 Å². The summed E-state index contributed by atoms with van der Waals surface area (Å²) in [4.78, 5) is 0. The van der Waals surface area contributed by atoms with Crippen LogP contribution in [0.3, 0.4) is 0 Å². The Balaban J connectivity index is 2.60. The van der Waals surface area contributed by atoms with E-state index in [1.807, 2.05) is 12.1 Å². The van der Waals surface area contributed by atoms with Gasteiger partial charge in [0.1, 0.15) is 0 Å². The van der Waals surface area contributed by atoms with E-state index in [2.05, 4.69) is 19.2 Å². The third-order valence-corrected chi connectivity index (χ3v) is 3.23. The van der Waals surface area contributed by atoms with Gasteiger partial charge in [-0.15, -0.1) is 0 Å². The SMILES string of the molecule is CCC(CC)CNc1cc(Cl)ccc1Cl. The van der Waals surface area contributed by atoms with Crippen molar-refractivity contribution < 1.29 is 0 Å². The number of hydrogen-bond acceptors (Lipinski definition) is 1. The zero-order chi connectivity index (χ0) is 11.3. The van der Waals surface area contributed by atoms with E-state index in [0.717, 1.165) is 17.3 Å². The molecule has 0 saturated heterocycles. The van der Waals surface area contributed by atoms with Gasteiger partial charge in [0.25, 0.3) is 0 Å². The van der Waals surface area contributed by atoms with Crippen LogP contribution in [0.5, 0.6) is 0 Å². The molecular formula is C12H17Cl2N. The Morgan fingerprint density at radius 1 is 1.20 bits per heavy atom. The molecular weight excluding hydrogens is 229 g/mol. The lowest BCUT2D eigenvalue weighted by atomic mass is 10.0. The van der Waals surface area contributed by atoms with Gasteiger partial charge >= 0.3 is 0 Å². The van der Waals surface area contributed by atoms with E-state index in [4.69, 9.17) is 23.2 Å². The van der Waals surface area contributed by atoms with Gasteiger partial charge in [-0.2, -0.15) is 0 Å². The summed E-state index contributed by atoms with van der Waals surface area (Å²) < 4.78 is 0. The topological polar surface area (TPSA) is 12.0 Å². The Morgan fingerprint density at radius 3 is 2.47 bits per heavy atom. The molecule has 0 unspecified atom stereocenters. The molecule has 0 aliphatic carbocycles. The quantitative estimate of drug-likeness (QED) is 0.783. The highest BCUT2D eigenvalue weighted by atomic mass is 35.5. The van der Waals surface area contributed by atoms with Crippen molar-refractivity contribution in [2.75, 3.05) is 11.9 Å². The van der Waals surface area contributed by atoms with Crippen LogP contribution in [0.1, 0.15) is 26.7 Å². The van der Waals surface area contributed by atoms with E-state index in [-0.39, 0.29) is 0 Å². The lowest BCUT2D eigenvalue weighted by Gasteiger charge is -2.15. The Kier molecular flexibility index (Phi) is 5.27. The zero-order valence-corrected chi connectivity index (χ0v) is 10.7. The van der Waals surface area contributed by atoms with Gasteiger partial charge in [0.15, 0.2) is 0 Å². The molecule has 0 bridgehead atoms. The van der Waals surface area contributed by atoms with Gasteiger partial charge in [0.05, 0.1) is 10.7 Å². The number of rotatable bonds is 5. The van der Waals surface area contributed by atoms with Crippen molar-refractivity contribution in [1.29, 1.82) is 0 Å². The highest BCUT2D eigenvalue weighted by Crippen LogP contribution is 2.25. The smallest absolute Gasteiger partial charge is 0.0638 e. The third kappa shape index (κ3) is 3.92. The first kappa shape index (κ1) is 12.7. The van der Waals surface area contributed by atoms with Crippen molar-refractivity contribution in [2.24, 2.45) is 5.92 Å². The number of benzene rings is 1. The van der Waals surface area contributed by atoms with Gasteiger partial charge in [0.2, 0.25) is 0 Å². The van der Waals surface area contributed by atoms with Crippen LogP contribution in [0.4, 0.5) is 5.69 Å². The molecule has 0 spiro atoms. The lowest BCUT2D eigenvalue weighted by Crippen LogP contribution is -2.12. The summed E-state index contributed by atoms with van der Waals surface area (Å²) in [5.41, 5.74) is 0.927. The second kappa shape index (κ2) is 6.24. The second-order valence-corrected chi connectivity index (χ2v) is 4.53. The van der Waals surface area contributed by atoms with Gasteiger partial charge < -0.3 is 5.32 Å². The molecule has 0 radical (unpaired) electrons. The van der Waals surface area contributed by atoms with Crippen LogP contribution >= 0.6 is 23.2 Å². The monoisotopic (exact) mass is 245 g/mol. The first-order chi connectivity index (χ1) is 7.17. The molecule has 15 heavy (non-hydrogen) atoms. The molecule has 1 rings (SSSR count). The first-order valence-corrected chi connectivity index (χ1v) is 6.11. The first-order valence-electron chi connectivity index (χ1n) is 5.36. The summed E-state index contributed by atoms with van der Waals surface area (Å²) in [6.45, 7) is 5.36. The summed E-state index contributed by atoms with van der Waals surface area (Å²) in [7, 11) is 0. The fourth-order valence-electron chi connectivity index (χ4n) is 1.46. The highest BCUT2D eigenvalue weighted by Gasteiger charge is 2.05. The van der Waals surface area contributed by atoms with E-state index < -0.39 is 0 Å². The number of nitrogens with one attached hydrogen (secondary N) is 1. The van der Waals surface area contributed by atoms with Gasteiger partial charge in [-0.3, -0.25) is 0 Å². The van der Waals surface area contributed by atoms with E-state index in [1.165, 1.54) is 12.8 Å². The van der Waals surface area contributed by atoms with Gasteiger partial charge in [0, 0.05) is 11.6 Å². The van der Waals surface area contributed by atoms with Crippen molar-refractivity contribution in [3.8, 4) is 0 Å². The number of anilines is 1. The van der Waals surface area contributed by atoms with Gasteiger partial charge in [-0.05, 0) is 24.1 Å². The van der Waals surface area contributed by atoms with Crippen LogP contribution in [0.25, 0.3) is 0 Å². The minimum Gasteiger partial charge on any atom is -0.384 e. The normalized spacial score (nSPS) is 10.7. The van der Waals surface area contributed by atoms with Gasteiger partial charge in [-0.25, -0.2) is 0 Å². The molecule has 0 aromatic heterocycles. The Morgan fingerprint density at radius 2 is 1.87 bits per heavy atom. The molecule has 0 aliphatic heterocycles. The average Bonchev–Trinajstić information content (AvgIpc) is 2.24. The van der Waals surface area contributed by atoms with Crippen molar-refractivity contribution in [3.63, 3.8) is 0 Å². The summed E-state index contributed by atoms with van der Waals surface area (Å²) in [6.07, 6.45) is 2.36. The number of hydrogen-bond donors (Lipinski definition) is 1. The molecule has 3 heteroatoms. The Hall–Kier alpha value is -0.400. The van der Waals surface area contributed by atoms with Crippen LogP contribution in [-0.2, 0) is 0 Å². The van der Waals surface area contributed by atoms with E-state index in [0.29, 0.717) is 10.9 Å². The molecule has 0 heterocycles. The molecule has 1 nitrogen and oxygen atoms in total. The molecule has 0 amide bonds. The summed E-state index contributed by atoms with van der Waals surface area (Å²) in [6, 6.07) is 5.48. The molecule has 1 aromatic carbocycles. The van der Waals surface area contributed by atoms with Crippen LogP contribution in [0, 0.1) is 5.92 Å². The van der Waals surface area contributed by atoms with Crippen molar-refractivity contribution in [3.05, 3.63) is 28.2 Å². The van der Waals surface area contributed by atoms with Crippen molar-refractivity contribution in [1.82, 2.24) is 0 Å². The maximum atomic E-state index is 6.04. The van der Waals surface area contributed by atoms with Crippen LogP contribution in [0.15, 0.2) is 18.2 Å². The Bertz CT molecular complexity index is 308.